The number of ether oxygens (including phenoxy) is 1. The highest BCUT2D eigenvalue weighted by Gasteiger charge is 2.47. The maximum Gasteiger partial charge on any atom is 0.322 e. The molecule has 3 rings (SSSR count). The summed E-state index contributed by atoms with van der Waals surface area (Å²) in [6.07, 6.45) is 0. The molecule has 1 aliphatic rings. The molecule has 2 N–H and O–H groups in total. The average molecular weight is 324 g/mol. The first kappa shape index (κ1) is 14.8. The lowest BCUT2D eigenvalue weighted by Gasteiger charge is -2.24. The number of hydrogen-bond donors (Lipinski definition) is 2. The smallest absolute Gasteiger partial charge is 0.322 e. The van der Waals surface area contributed by atoms with Crippen molar-refractivity contribution in [3.05, 3.63) is 29.3 Å². The van der Waals surface area contributed by atoms with Crippen LogP contribution >= 0.6 is 11.6 Å². The van der Waals surface area contributed by atoms with Gasteiger partial charge >= 0.3 is 12.0 Å². The van der Waals surface area contributed by atoms with Crippen LogP contribution in [-0.4, -0.2) is 40.5 Å². The second kappa shape index (κ2) is 5.58. The molecule has 1 aromatic heterocycles. The topological polar surface area (TPSA) is 97.5 Å². The first-order valence-corrected chi connectivity index (χ1v) is 7.04. The van der Waals surface area contributed by atoms with Gasteiger partial charge in [-0.15, -0.1) is 0 Å². The van der Waals surface area contributed by atoms with Crippen molar-refractivity contribution in [2.75, 3.05) is 18.5 Å². The molecule has 1 saturated heterocycles. The maximum absolute atomic E-state index is 11.4. The van der Waals surface area contributed by atoms with Crippen LogP contribution in [0.25, 0.3) is 11.4 Å². The van der Waals surface area contributed by atoms with Crippen molar-refractivity contribution in [1.29, 1.82) is 0 Å². The first-order chi connectivity index (χ1) is 10.5. The molecule has 1 aromatic carbocycles. The molecule has 22 heavy (non-hydrogen) atoms. The number of aliphatic carboxylic acids is 1. The van der Waals surface area contributed by atoms with Gasteiger partial charge in [-0.25, -0.2) is 0 Å². The summed E-state index contributed by atoms with van der Waals surface area (Å²) in [7, 11) is 0. The zero-order chi connectivity index (χ0) is 15.7. The van der Waals surface area contributed by atoms with Crippen LogP contribution in [0.3, 0.4) is 0 Å². The summed E-state index contributed by atoms with van der Waals surface area (Å²) in [6.45, 7) is 2.02. The van der Waals surface area contributed by atoms with Crippen molar-refractivity contribution in [2.45, 2.75) is 13.0 Å². The molecule has 2 unspecified atom stereocenters. The molecule has 1 fully saturated rings. The van der Waals surface area contributed by atoms with Crippen LogP contribution in [0.5, 0.6) is 0 Å². The lowest BCUT2D eigenvalue weighted by Crippen LogP contribution is -2.43. The molecule has 0 spiro atoms. The van der Waals surface area contributed by atoms with E-state index in [0.717, 1.165) is 0 Å². The summed E-state index contributed by atoms with van der Waals surface area (Å²) in [4.78, 5) is 15.6. The third-order valence-electron chi connectivity index (χ3n) is 3.75. The van der Waals surface area contributed by atoms with Crippen LogP contribution in [-0.2, 0) is 9.53 Å². The molecule has 116 valence electrons. The molecule has 2 atom stereocenters. The number of carbonyl (C=O) groups is 1. The van der Waals surface area contributed by atoms with Crippen molar-refractivity contribution in [1.82, 2.24) is 10.1 Å². The van der Waals surface area contributed by atoms with Crippen LogP contribution in [0, 0.1) is 5.41 Å². The van der Waals surface area contributed by atoms with Crippen LogP contribution in [0.1, 0.15) is 6.92 Å². The van der Waals surface area contributed by atoms with Gasteiger partial charge < -0.3 is 19.7 Å². The van der Waals surface area contributed by atoms with Gasteiger partial charge in [0.2, 0.25) is 5.82 Å². The highest BCUT2D eigenvalue weighted by Crippen LogP contribution is 2.31. The minimum Gasteiger partial charge on any atom is -0.481 e. The number of benzene rings is 1. The largest absolute Gasteiger partial charge is 0.481 e. The van der Waals surface area contributed by atoms with Crippen molar-refractivity contribution in [3.8, 4) is 11.4 Å². The minimum atomic E-state index is -1.04. The number of anilines is 1. The van der Waals surface area contributed by atoms with Gasteiger partial charge in [0.1, 0.15) is 5.41 Å². The molecule has 0 aliphatic carbocycles. The Kier molecular flexibility index (Phi) is 3.76. The van der Waals surface area contributed by atoms with Gasteiger partial charge in [-0.05, 0) is 19.1 Å². The summed E-state index contributed by atoms with van der Waals surface area (Å²) in [6, 6.07) is 6.76. The highest BCUT2D eigenvalue weighted by atomic mass is 35.5. The SMILES string of the molecule is CC1(C(=O)O)COCC1Nc1nc(-c2cccc(Cl)c2)no1. The monoisotopic (exact) mass is 323 g/mol. The van der Waals surface area contributed by atoms with Gasteiger partial charge in [-0.2, -0.15) is 4.98 Å². The van der Waals surface area contributed by atoms with Crippen LogP contribution < -0.4 is 5.32 Å². The van der Waals surface area contributed by atoms with E-state index in [4.69, 9.17) is 20.9 Å². The summed E-state index contributed by atoms with van der Waals surface area (Å²) in [5.41, 5.74) is -0.321. The first-order valence-electron chi connectivity index (χ1n) is 6.66. The predicted molar refractivity (Wildman–Crippen MR) is 78.7 cm³/mol. The van der Waals surface area contributed by atoms with Gasteiger partial charge in [0, 0.05) is 10.6 Å². The molecule has 0 amide bonds. The molecule has 7 nitrogen and oxygen atoms in total. The Morgan fingerprint density at radius 3 is 3.09 bits per heavy atom. The molecular weight excluding hydrogens is 310 g/mol. The van der Waals surface area contributed by atoms with E-state index in [-0.39, 0.29) is 19.2 Å². The fourth-order valence-corrected chi connectivity index (χ4v) is 2.45. The Hall–Kier alpha value is -2.12. The van der Waals surface area contributed by atoms with E-state index in [1.165, 1.54) is 0 Å². The molecule has 1 aliphatic heterocycles. The number of nitrogens with zero attached hydrogens (tertiary/aromatic N) is 2. The van der Waals surface area contributed by atoms with Crippen molar-refractivity contribution in [3.63, 3.8) is 0 Å². The summed E-state index contributed by atoms with van der Waals surface area (Å²) >= 11 is 5.93. The minimum absolute atomic E-state index is 0.134. The van der Waals surface area contributed by atoms with Crippen molar-refractivity contribution >= 4 is 23.6 Å². The molecule has 8 heteroatoms. The second-order valence-corrected chi connectivity index (χ2v) is 5.80. The maximum atomic E-state index is 11.4. The normalized spacial score (nSPS) is 24.4. The van der Waals surface area contributed by atoms with Crippen molar-refractivity contribution in [2.24, 2.45) is 5.41 Å². The van der Waals surface area contributed by atoms with E-state index >= 15 is 0 Å². The number of rotatable bonds is 4. The Morgan fingerprint density at radius 2 is 2.36 bits per heavy atom. The molecule has 0 saturated carbocycles. The van der Waals surface area contributed by atoms with Crippen LogP contribution in [0.4, 0.5) is 6.01 Å². The second-order valence-electron chi connectivity index (χ2n) is 5.37. The summed E-state index contributed by atoms with van der Waals surface area (Å²) in [5, 5.41) is 16.7. The number of carboxylic acids is 1. The molecule has 0 bridgehead atoms. The Balaban J connectivity index is 1.79. The average Bonchev–Trinajstić information content (AvgIpc) is 3.08. The van der Waals surface area contributed by atoms with E-state index in [0.29, 0.717) is 16.4 Å². The Bertz CT molecular complexity index is 705. The zero-order valence-electron chi connectivity index (χ0n) is 11.7. The Morgan fingerprint density at radius 1 is 1.55 bits per heavy atom. The lowest BCUT2D eigenvalue weighted by molar-refractivity contribution is -0.148. The van der Waals surface area contributed by atoms with Gasteiger partial charge in [0.05, 0.1) is 19.3 Å². The van der Waals surface area contributed by atoms with Gasteiger partial charge in [-0.1, -0.05) is 28.9 Å². The van der Waals surface area contributed by atoms with Crippen LogP contribution in [0.15, 0.2) is 28.8 Å². The molecular formula is C14H14ClN3O4. The fourth-order valence-electron chi connectivity index (χ4n) is 2.26. The quantitative estimate of drug-likeness (QED) is 0.890. The van der Waals surface area contributed by atoms with Crippen LogP contribution in [0.2, 0.25) is 5.02 Å². The molecule has 0 radical (unpaired) electrons. The summed E-state index contributed by atoms with van der Waals surface area (Å²) < 4.78 is 10.4. The van der Waals surface area contributed by atoms with Gasteiger partial charge in [0.15, 0.2) is 0 Å². The van der Waals surface area contributed by atoms with E-state index in [1.807, 2.05) is 0 Å². The third-order valence-corrected chi connectivity index (χ3v) is 3.99. The summed E-state index contributed by atoms with van der Waals surface area (Å²) in [5.74, 6) is -0.557. The number of halogens is 1. The fraction of sp³-hybridized carbons (Fsp3) is 0.357. The number of hydrogen-bond acceptors (Lipinski definition) is 6. The third kappa shape index (κ3) is 2.65. The van der Waals surface area contributed by atoms with Gasteiger partial charge in [-0.3, -0.25) is 4.79 Å². The highest BCUT2D eigenvalue weighted by molar-refractivity contribution is 6.30. The van der Waals surface area contributed by atoms with Crippen molar-refractivity contribution < 1.29 is 19.2 Å². The van der Waals surface area contributed by atoms with E-state index in [2.05, 4.69) is 15.5 Å². The predicted octanol–water partition coefficient (Wildman–Crippen LogP) is 2.29. The van der Waals surface area contributed by atoms with Gasteiger partial charge in [0.25, 0.3) is 0 Å². The number of nitrogens with one attached hydrogen (secondary N) is 1. The van der Waals surface area contributed by atoms with E-state index in [1.54, 1.807) is 31.2 Å². The number of carboxylic acid groups (broad SMARTS) is 1. The van der Waals surface area contributed by atoms with E-state index in [9.17, 15) is 9.90 Å². The zero-order valence-corrected chi connectivity index (χ0v) is 12.5. The standard InChI is InChI=1S/C14H14ClN3O4/c1-14(12(19)20)7-21-6-10(14)16-13-17-11(18-22-13)8-3-2-4-9(15)5-8/h2-5,10H,6-7H2,1H3,(H,19,20)(H,16,17,18). The number of aromatic nitrogens is 2. The molecule has 2 aromatic rings. The van der Waals surface area contributed by atoms with E-state index < -0.39 is 17.4 Å². The lowest BCUT2D eigenvalue weighted by atomic mass is 9.85. The molecule has 2 heterocycles. The Labute approximate surface area is 131 Å².